The van der Waals surface area contributed by atoms with E-state index in [9.17, 15) is 9.18 Å². The van der Waals surface area contributed by atoms with Crippen molar-refractivity contribution in [2.45, 2.75) is 6.92 Å². The number of halogens is 1. The van der Waals surface area contributed by atoms with E-state index in [0.29, 0.717) is 17.1 Å². The van der Waals surface area contributed by atoms with Gasteiger partial charge < -0.3 is 20.9 Å². The minimum Gasteiger partial charge on any atom is -0.399 e. The molecule has 6 nitrogen and oxygen atoms in total. The van der Waals surface area contributed by atoms with Gasteiger partial charge in [-0.1, -0.05) is 0 Å². The molecule has 0 bridgehead atoms. The SMILES string of the molecule is CC(=O)NC/C(N)=C/Nc1ccc(-n2ccnc2)c(F)c1. The van der Waals surface area contributed by atoms with Crippen molar-refractivity contribution in [1.82, 2.24) is 14.9 Å². The van der Waals surface area contributed by atoms with Crippen LogP contribution in [-0.2, 0) is 4.79 Å². The first-order valence-electron chi connectivity index (χ1n) is 6.29. The van der Waals surface area contributed by atoms with Crippen LogP contribution in [0.5, 0.6) is 0 Å². The monoisotopic (exact) mass is 289 g/mol. The summed E-state index contributed by atoms with van der Waals surface area (Å²) in [4.78, 5) is 14.6. The normalized spacial score (nSPS) is 11.2. The van der Waals surface area contributed by atoms with Gasteiger partial charge in [-0.05, 0) is 18.2 Å². The van der Waals surface area contributed by atoms with E-state index < -0.39 is 0 Å². The molecule has 0 spiro atoms. The standard InChI is InChI=1S/C14H16FN5O/c1-10(21)18-7-11(16)8-19-12-2-3-14(13(15)6-12)20-5-4-17-9-20/h2-6,8-9,19H,7,16H2,1H3,(H,18,21)/b11-8-. The zero-order valence-electron chi connectivity index (χ0n) is 11.5. The van der Waals surface area contributed by atoms with E-state index in [2.05, 4.69) is 15.6 Å². The molecule has 110 valence electrons. The molecule has 0 aliphatic carbocycles. The molecule has 0 atom stereocenters. The largest absolute Gasteiger partial charge is 0.399 e. The Balaban J connectivity index is 2.04. The second-order valence-electron chi connectivity index (χ2n) is 4.41. The van der Waals surface area contributed by atoms with E-state index in [1.807, 2.05) is 0 Å². The third-order valence-electron chi connectivity index (χ3n) is 2.70. The van der Waals surface area contributed by atoms with Gasteiger partial charge >= 0.3 is 0 Å². The second kappa shape index (κ2) is 6.56. The molecule has 2 aromatic rings. The number of hydrogen-bond donors (Lipinski definition) is 3. The van der Waals surface area contributed by atoms with Gasteiger partial charge in [0.2, 0.25) is 5.91 Å². The summed E-state index contributed by atoms with van der Waals surface area (Å²) in [5, 5.41) is 5.44. The molecule has 4 N–H and O–H groups in total. The maximum absolute atomic E-state index is 14.0. The highest BCUT2D eigenvalue weighted by molar-refractivity contribution is 5.73. The van der Waals surface area contributed by atoms with Gasteiger partial charge in [0.25, 0.3) is 0 Å². The summed E-state index contributed by atoms with van der Waals surface area (Å²) in [7, 11) is 0. The molecule has 2 rings (SSSR count). The number of carbonyl (C=O) groups excluding carboxylic acids is 1. The molecule has 0 aliphatic heterocycles. The van der Waals surface area contributed by atoms with Crippen LogP contribution in [0.15, 0.2) is 48.8 Å². The average molecular weight is 289 g/mol. The van der Waals surface area contributed by atoms with Crippen molar-refractivity contribution in [3.63, 3.8) is 0 Å². The van der Waals surface area contributed by atoms with Crippen molar-refractivity contribution in [3.05, 3.63) is 54.6 Å². The Labute approximate surface area is 121 Å². The molecule has 0 radical (unpaired) electrons. The van der Waals surface area contributed by atoms with Gasteiger partial charge in [0, 0.05) is 36.9 Å². The van der Waals surface area contributed by atoms with Crippen LogP contribution in [0.3, 0.4) is 0 Å². The summed E-state index contributed by atoms with van der Waals surface area (Å²) in [6.07, 6.45) is 6.28. The van der Waals surface area contributed by atoms with Gasteiger partial charge in [-0.15, -0.1) is 0 Å². The van der Waals surface area contributed by atoms with Crippen LogP contribution >= 0.6 is 0 Å². The van der Waals surface area contributed by atoms with Gasteiger partial charge in [-0.25, -0.2) is 9.37 Å². The summed E-state index contributed by atoms with van der Waals surface area (Å²) in [5.41, 5.74) is 7.10. The fourth-order valence-electron chi connectivity index (χ4n) is 1.66. The smallest absolute Gasteiger partial charge is 0.217 e. The lowest BCUT2D eigenvalue weighted by Gasteiger charge is -2.08. The molecule has 7 heteroatoms. The lowest BCUT2D eigenvalue weighted by atomic mass is 10.2. The van der Waals surface area contributed by atoms with Gasteiger partial charge in [0.15, 0.2) is 0 Å². The Bertz CT molecular complexity index is 651. The third-order valence-corrected chi connectivity index (χ3v) is 2.70. The Morgan fingerprint density at radius 2 is 2.33 bits per heavy atom. The molecule has 1 amide bonds. The molecule has 0 fully saturated rings. The predicted octanol–water partition coefficient (Wildman–Crippen LogP) is 1.36. The number of rotatable bonds is 5. The summed E-state index contributed by atoms with van der Waals surface area (Å²) in [5.74, 6) is -0.547. The van der Waals surface area contributed by atoms with Crippen molar-refractivity contribution in [3.8, 4) is 5.69 Å². The van der Waals surface area contributed by atoms with Gasteiger partial charge in [-0.3, -0.25) is 4.79 Å². The van der Waals surface area contributed by atoms with Gasteiger partial charge in [0.1, 0.15) is 5.82 Å². The highest BCUT2D eigenvalue weighted by Gasteiger charge is 2.04. The third kappa shape index (κ3) is 4.07. The molecule has 0 aliphatic rings. The van der Waals surface area contributed by atoms with E-state index in [4.69, 9.17) is 5.73 Å². The molecule has 1 heterocycles. The van der Waals surface area contributed by atoms with E-state index in [1.165, 1.54) is 25.5 Å². The van der Waals surface area contributed by atoms with Crippen LogP contribution in [-0.4, -0.2) is 22.0 Å². The lowest BCUT2D eigenvalue weighted by Crippen LogP contribution is -2.25. The second-order valence-corrected chi connectivity index (χ2v) is 4.41. The molecule has 0 saturated carbocycles. The number of amides is 1. The Hall–Kier alpha value is -2.83. The topological polar surface area (TPSA) is 85.0 Å². The number of anilines is 1. The van der Waals surface area contributed by atoms with E-state index in [1.54, 1.807) is 29.1 Å². The van der Waals surface area contributed by atoms with E-state index >= 15 is 0 Å². The predicted molar refractivity (Wildman–Crippen MR) is 78.1 cm³/mol. The lowest BCUT2D eigenvalue weighted by molar-refractivity contribution is -0.118. The maximum atomic E-state index is 14.0. The van der Waals surface area contributed by atoms with Crippen molar-refractivity contribution in [2.75, 3.05) is 11.9 Å². The number of imidazole rings is 1. The molecule has 0 unspecified atom stereocenters. The van der Waals surface area contributed by atoms with E-state index in [-0.39, 0.29) is 18.3 Å². The van der Waals surface area contributed by atoms with Crippen LogP contribution in [0.25, 0.3) is 5.69 Å². The first-order valence-corrected chi connectivity index (χ1v) is 6.29. The number of nitrogens with two attached hydrogens (primary N) is 1. The summed E-state index contributed by atoms with van der Waals surface area (Å²) < 4.78 is 15.6. The highest BCUT2D eigenvalue weighted by Crippen LogP contribution is 2.18. The maximum Gasteiger partial charge on any atom is 0.217 e. The molecule has 1 aromatic carbocycles. The number of nitrogens with one attached hydrogen (secondary N) is 2. The van der Waals surface area contributed by atoms with E-state index in [0.717, 1.165) is 0 Å². The zero-order valence-corrected chi connectivity index (χ0v) is 11.5. The van der Waals surface area contributed by atoms with Crippen LogP contribution in [0.4, 0.5) is 10.1 Å². The number of hydrogen-bond acceptors (Lipinski definition) is 4. The van der Waals surface area contributed by atoms with Crippen LogP contribution in [0.2, 0.25) is 0 Å². The fourth-order valence-corrected chi connectivity index (χ4v) is 1.66. The summed E-state index contributed by atoms with van der Waals surface area (Å²) in [6, 6.07) is 4.72. The molecule has 1 aromatic heterocycles. The summed E-state index contributed by atoms with van der Waals surface area (Å²) in [6.45, 7) is 1.64. The first kappa shape index (κ1) is 14.6. The number of aromatic nitrogens is 2. The zero-order chi connectivity index (χ0) is 15.2. The molecule has 21 heavy (non-hydrogen) atoms. The quantitative estimate of drug-likeness (QED) is 0.776. The highest BCUT2D eigenvalue weighted by atomic mass is 19.1. The molecular formula is C14H16FN5O. The minimum atomic E-state index is -0.383. The van der Waals surface area contributed by atoms with Gasteiger partial charge in [0.05, 0.1) is 18.6 Å². The number of benzene rings is 1. The number of nitrogens with zero attached hydrogens (tertiary/aromatic N) is 2. The Morgan fingerprint density at radius 1 is 1.52 bits per heavy atom. The molecular weight excluding hydrogens is 273 g/mol. The van der Waals surface area contributed by atoms with Crippen molar-refractivity contribution < 1.29 is 9.18 Å². The molecule has 0 saturated heterocycles. The fraction of sp³-hybridized carbons (Fsp3) is 0.143. The Morgan fingerprint density at radius 3 is 2.95 bits per heavy atom. The average Bonchev–Trinajstić information content (AvgIpc) is 2.97. The summed E-state index contributed by atoms with van der Waals surface area (Å²) >= 11 is 0. The van der Waals surface area contributed by atoms with Crippen LogP contribution < -0.4 is 16.4 Å². The Kier molecular flexibility index (Phi) is 4.55. The first-order chi connectivity index (χ1) is 10.1. The van der Waals surface area contributed by atoms with Crippen molar-refractivity contribution >= 4 is 11.6 Å². The van der Waals surface area contributed by atoms with Crippen molar-refractivity contribution in [1.29, 1.82) is 0 Å². The minimum absolute atomic E-state index is 0.165. The van der Waals surface area contributed by atoms with Crippen LogP contribution in [0, 0.1) is 5.82 Å². The number of carbonyl (C=O) groups is 1. The van der Waals surface area contributed by atoms with Gasteiger partial charge in [-0.2, -0.15) is 0 Å². The van der Waals surface area contributed by atoms with Crippen LogP contribution in [0.1, 0.15) is 6.92 Å². The van der Waals surface area contributed by atoms with Crippen molar-refractivity contribution in [2.24, 2.45) is 5.73 Å².